The molecule has 0 spiro atoms. The number of carboxylic acids is 1. The number of nitrogens with zero attached hydrogens (tertiary/aromatic N) is 2. The second kappa shape index (κ2) is 10.1. The van der Waals surface area contributed by atoms with Crippen LogP contribution in [0.2, 0.25) is 0 Å². The molecule has 41 heavy (non-hydrogen) atoms. The Balaban J connectivity index is 1.64. The molecule has 0 amide bonds. The lowest BCUT2D eigenvalue weighted by Gasteiger charge is -2.16. The van der Waals surface area contributed by atoms with Crippen molar-refractivity contribution in [3.63, 3.8) is 0 Å². The Morgan fingerprint density at radius 2 is 1.56 bits per heavy atom. The number of rotatable bonds is 5. The lowest BCUT2D eigenvalue weighted by atomic mass is 9.93. The third-order valence-electron chi connectivity index (χ3n) is 6.65. The number of hydrogen-bond acceptors (Lipinski definition) is 5. The maximum Gasteiger partial charge on any atom is 0.417 e. The topological polar surface area (TPSA) is 118 Å². The Morgan fingerprint density at radius 1 is 0.878 bits per heavy atom. The third-order valence-corrected chi connectivity index (χ3v) is 6.65. The largest absolute Gasteiger partial charge is 0.505 e. The van der Waals surface area contributed by atoms with E-state index in [1.807, 2.05) is 0 Å². The SMILES string of the molecule is Cc1cc(-c2c(C(F)(F)F)ccc3c(N=Nc4cccc(-c5cccc(C(=O)O)c5)c4O)c(O)[nH]c23)cc(C)c1F. The van der Waals surface area contributed by atoms with Gasteiger partial charge >= 0.3 is 12.1 Å². The highest BCUT2D eigenvalue weighted by molar-refractivity contribution is 6.04. The van der Waals surface area contributed by atoms with Gasteiger partial charge < -0.3 is 20.3 Å². The third kappa shape index (κ3) is 4.97. The number of phenolic OH excluding ortho intramolecular Hbond substituents is 1. The first-order valence-corrected chi connectivity index (χ1v) is 12.2. The molecule has 11 heteroatoms. The van der Waals surface area contributed by atoms with Crippen LogP contribution in [0.1, 0.15) is 27.0 Å². The van der Waals surface area contributed by atoms with Crippen molar-refractivity contribution < 1.29 is 37.7 Å². The molecule has 7 nitrogen and oxygen atoms in total. The number of nitrogens with one attached hydrogen (secondary N) is 1. The van der Waals surface area contributed by atoms with E-state index in [9.17, 15) is 37.7 Å². The van der Waals surface area contributed by atoms with E-state index in [0.29, 0.717) is 5.56 Å². The molecule has 0 aliphatic heterocycles. The summed E-state index contributed by atoms with van der Waals surface area (Å²) >= 11 is 0. The number of aromatic hydroxyl groups is 2. The number of carboxylic acid groups (broad SMARTS) is 1. The summed E-state index contributed by atoms with van der Waals surface area (Å²) in [6.07, 6.45) is -4.76. The minimum absolute atomic E-state index is 0.0122. The second-order valence-electron chi connectivity index (χ2n) is 9.41. The highest BCUT2D eigenvalue weighted by Crippen LogP contribution is 2.47. The molecule has 0 unspecified atom stereocenters. The zero-order valence-corrected chi connectivity index (χ0v) is 21.5. The number of aryl methyl sites for hydroxylation is 2. The summed E-state index contributed by atoms with van der Waals surface area (Å²) in [6, 6.07) is 15.0. The molecule has 0 aliphatic carbocycles. The fraction of sp³-hybridized carbons (Fsp3) is 0.100. The highest BCUT2D eigenvalue weighted by Gasteiger charge is 2.35. The molecule has 0 saturated carbocycles. The summed E-state index contributed by atoms with van der Waals surface area (Å²) < 4.78 is 56.5. The number of fused-ring (bicyclic) bond motifs is 1. The first kappa shape index (κ1) is 27.4. The molecule has 0 radical (unpaired) electrons. The fourth-order valence-electron chi connectivity index (χ4n) is 4.73. The number of azo groups is 1. The summed E-state index contributed by atoms with van der Waals surface area (Å²) in [5.74, 6) is -2.56. The van der Waals surface area contributed by atoms with E-state index in [2.05, 4.69) is 15.2 Å². The number of phenols is 1. The Labute approximate surface area is 230 Å². The van der Waals surface area contributed by atoms with Gasteiger partial charge in [-0.15, -0.1) is 10.2 Å². The molecule has 208 valence electrons. The fourth-order valence-corrected chi connectivity index (χ4v) is 4.73. The van der Waals surface area contributed by atoms with Crippen LogP contribution in [-0.4, -0.2) is 26.3 Å². The molecule has 1 heterocycles. The van der Waals surface area contributed by atoms with Gasteiger partial charge in [0.05, 0.1) is 16.6 Å². The lowest BCUT2D eigenvalue weighted by molar-refractivity contribution is -0.137. The number of hydrogen-bond donors (Lipinski definition) is 4. The summed E-state index contributed by atoms with van der Waals surface area (Å²) in [7, 11) is 0. The van der Waals surface area contributed by atoms with Crippen molar-refractivity contribution in [1.82, 2.24) is 4.98 Å². The Hall–Kier alpha value is -5.19. The van der Waals surface area contributed by atoms with E-state index in [-0.39, 0.29) is 61.4 Å². The molecule has 0 fully saturated rings. The van der Waals surface area contributed by atoms with Crippen LogP contribution >= 0.6 is 0 Å². The molecule has 0 bridgehead atoms. The van der Waals surface area contributed by atoms with Crippen LogP contribution < -0.4 is 0 Å². The molecule has 0 saturated heterocycles. The van der Waals surface area contributed by atoms with Crippen molar-refractivity contribution in [2.45, 2.75) is 20.0 Å². The summed E-state index contributed by atoms with van der Waals surface area (Å²) in [5.41, 5.74) is -0.478. The lowest BCUT2D eigenvalue weighted by Crippen LogP contribution is -2.08. The minimum atomic E-state index is -4.76. The quantitative estimate of drug-likeness (QED) is 0.126. The van der Waals surface area contributed by atoms with Gasteiger partial charge in [0.15, 0.2) is 11.4 Å². The molecule has 5 rings (SSSR count). The van der Waals surface area contributed by atoms with Crippen LogP contribution in [0.4, 0.5) is 28.9 Å². The van der Waals surface area contributed by atoms with Crippen LogP contribution in [0.25, 0.3) is 33.2 Å². The zero-order chi connectivity index (χ0) is 29.6. The maximum absolute atomic E-state index is 14.3. The standard InChI is InChI=1S/C30H21F4N3O4/c1-14-11-18(12-15(2)24(14)31)23-21(30(32,33)34)10-9-20-25(23)35-28(39)26(20)37-36-22-8-4-7-19(27(22)38)16-5-3-6-17(13-16)29(40)41/h3-13,35,38-39H,1-2H3,(H,40,41). The first-order valence-electron chi connectivity index (χ1n) is 12.2. The van der Waals surface area contributed by atoms with E-state index in [1.54, 1.807) is 18.2 Å². The number of halogens is 4. The van der Waals surface area contributed by atoms with Crippen molar-refractivity contribution in [3.05, 3.63) is 94.8 Å². The molecule has 0 atom stereocenters. The van der Waals surface area contributed by atoms with Crippen molar-refractivity contribution >= 4 is 28.2 Å². The first-order chi connectivity index (χ1) is 19.4. The summed E-state index contributed by atoms with van der Waals surface area (Å²) in [4.78, 5) is 13.9. The molecule has 4 N–H and O–H groups in total. The van der Waals surface area contributed by atoms with Gasteiger partial charge in [-0.3, -0.25) is 0 Å². The molecule has 4 aromatic carbocycles. The van der Waals surface area contributed by atoms with Crippen molar-refractivity contribution in [1.29, 1.82) is 0 Å². The summed E-state index contributed by atoms with van der Waals surface area (Å²) in [6.45, 7) is 2.90. The van der Waals surface area contributed by atoms with Gasteiger partial charge in [-0.05, 0) is 78.6 Å². The number of aromatic carboxylic acids is 1. The van der Waals surface area contributed by atoms with E-state index < -0.39 is 29.4 Å². The van der Waals surface area contributed by atoms with Crippen molar-refractivity contribution in [2.24, 2.45) is 10.2 Å². The molecule has 0 aliphatic rings. The highest BCUT2D eigenvalue weighted by atomic mass is 19.4. The average Bonchev–Trinajstić information content (AvgIpc) is 3.24. The van der Waals surface area contributed by atoms with Crippen molar-refractivity contribution in [3.8, 4) is 33.9 Å². The Bertz CT molecular complexity index is 1850. The molecule has 5 aromatic rings. The van der Waals surface area contributed by atoms with Gasteiger partial charge in [-0.1, -0.05) is 24.3 Å². The van der Waals surface area contributed by atoms with Gasteiger partial charge in [0.25, 0.3) is 0 Å². The van der Waals surface area contributed by atoms with Gasteiger partial charge in [-0.25, -0.2) is 9.18 Å². The molecular weight excluding hydrogens is 542 g/mol. The van der Waals surface area contributed by atoms with Gasteiger partial charge in [0, 0.05) is 16.5 Å². The smallest absolute Gasteiger partial charge is 0.417 e. The number of benzene rings is 4. The number of carbonyl (C=O) groups is 1. The predicted molar refractivity (Wildman–Crippen MR) is 145 cm³/mol. The summed E-state index contributed by atoms with van der Waals surface area (Å²) in [5, 5.41) is 38.9. The van der Waals surface area contributed by atoms with E-state index in [1.165, 1.54) is 50.2 Å². The van der Waals surface area contributed by atoms with E-state index in [4.69, 9.17) is 0 Å². The van der Waals surface area contributed by atoms with Gasteiger partial charge in [0.1, 0.15) is 11.5 Å². The Morgan fingerprint density at radius 3 is 2.22 bits per heavy atom. The number of aromatic amines is 1. The normalized spacial score (nSPS) is 12.0. The van der Waals surface area contributed by atoms with E-state index in [0.717, 1.165) is 12.1 Å². The zero-order valence-electron chi connectivity index (χ0n) is 21.5. The van der Waals surface area contributed by atoms with Crippen LogP contribution in [-0.2, 0) is 6.18 Å². The number of para-hydroxylation sites is 1. The van der Waals surface area contributed by atoms with E-state index >= 15 is 0 Å². The number of H-pyrrole nitrogens is 1. The average molecular weight is 564 g/mol. The number of aromatic nitrogens is 1. The number of alkyl halides is 3. The minimum Gasteiger partial charge on any atom is -0.505 e. The molecule has 1 aromatic heterocycles. The Kier molecular flexibility index (Phi) is 6.74. The molecular formula is C30H21F4N3O4. The van der Waals surface area contributed by atoms with Crippen LogP contribution in [0.15, 0.2) is 77.0 Å². The van der Waals surface area contributed by atoms with Crippen LogP contribution in [0, 0.1) is 19.7 Å². The predicted octanol–water partition coefficient (Wildman–Crippen LogP) is 8.80. The van der Waals surface area contributed by atoms with Gasteiger partial charge in [-0.2, -0.15) is 13.2 Å². The van der Waals surface area contributed by atoms with Crippen LogP contribution in [0.5, 0.6) is 11.6 Å². The monoisotopic (exact) mass is 563 g/mol. The van der Waals surface area contributed by atoms with Crippen LogP contribution in [0.3, 0.4) is 0 Å². The maximum atomic E-state index is 14.3. The second-order valence-corrected chi connectivity index (χ2v) is 9.41. The van der Waals surface area contributed by atoms with Gasteiger partial charge in [0.2, 0.25) is 5.88 Å². The van der Waals surface area contributed by atoms with Crippen molar-refractivity contribution in [2.75, 3.05) is 0 Å².